The standard InChI is InChI=1S/C23H23NO4/c25-21(18-7-6-16-3-1-4-17(16)15-18)12-13-23(27)28-20-10-8-19(9-11-20)24-14-2-5-22(24)26/h6-11,15H,1-5,12-14H2. The highest BCUT2D eigenvalue weighted by atomic mass is 16.5. The number of anilines is 1. The zero-order valence-electron chi connectivity index (χ0n) is 15.8. The zero-order valence-corrected chi connectivity index (χ0v) is 15.8. The smallest absolute Gasteiger partial charge is 0.311 e. The van der Waals surface area contributed by atoms with Crippen molar-refractivity contribution in [2.24, 2.45) is 0 Å². The van der Waals surface area contributed by atoms with Gasteiger partial charge >= 0.3 is 5.97 Å². The highest BCUT2D eigenvalue weighted by Gasteiger charge is 2.21. The van der Waals surface area contributed by atoms with Gasteiger partial charge in [0.2, 0.25) is 5.91 Å². The third-order valence-electron chi connectivity index (χ3n) is 5.43. The van der Waals surface area contributed by atoms with Crippen molar-refractivity contribution < 1.29 is 19.1 Å². The van der Waals surface area contributed by atoms with Gasteiger partial charge in [-0.05, 0) is 67.1 Å². The van der Waals surface area contributed by atoms with E-state index in [1.54, 1.807) is 29.2 Å². The number of carbonyl (C=O) groups is 3. The number of carbonyl (C=O) groups excluding carboxylic acids is 3. The van der Waals surface area contributed by atoms with E-state index in [4.69, 9.17) is 4.74 Å². The molecule has 2 aromatic carbocycles. The second-order valence-corrected chi connectivity index (χ2v) is 7.38. The maximum atomic E-state index is 12.4. The molecule has 5 nitrogen and oxygen atoms in total. The lowest BCUT2D eigenvalue weighted by atomic mass is 10.0. The number of aryl methyl sites for hydroxylation is 2. The molecule has 5 heteroatoms. The summed E-state index contributed by atoms with van der Waals surface area (Å²) in [6.07, 6.45) is 4.88. The van der Waals surface area contributed by atoms with E-state index in [0.29, 0.717) is 17.7 Å². The molecule has 0 unspecified atom stereocenters. The Morgan fingerprint density at radius 1 is 0.893 bits per heavy atom. The van der Waals surface area contributed by atoms with Crippen LogP contribution in [0.3, 0.4) is 0 Å². The lowest BCUT2D eigenvalue weighted by molar-refractivity contribution is -0.134. The molecule has 1 heterocycles. The Hall–Kier alpha value is -2.95. The minimum absolute atomic E-state index is 0.0328. The van der Waals surface area contributed by atoms with Gasteiger partial charge in [-0.15, -0.1) is 0 Å². The Bertz CT molecular complexity index is 917. The summed E-state index contributed by atoms with van der Waals surface area (Å²) in [5, 5.41) is 0. The molecule has 1 saturated heterocycles. The highest BCUT2D eigenvalue weighted by Crippen LogP contribution is 2.25. The molecule has 28 heavy (non-hydrogen) atoms. The van der Waals surface area contributed by atoms with Gasteiger partial charge < -0.3 is 9.64 Å². The summed E-state index contributed by atoms with van der Waals surface area (Å²) in [6.45, 7) is 0.725. The zero-order chi connectivity index (χ0) is 19.5. The van der Waals surface area contributed by atoms with Gasteiger partial charge in [0, 0.05) is 30.6 Å². The minimum Gasteiger partial charge on any atom is -0.427 e. The maximum absolute atomic E-state index is 12.4. The van der Waals surface area contributed by atoms with Crippen LogP contribution in [0.2, 0.25) is 0 Å². The number of benzene rings is 2. The van der Waals surface area contributed by atoms with Gasteiger partial charge in [-0.3, -0.25) is 14.4 Å². The van der Waals surface area contributed by atoms with E-state index in [9.17, 15) is 14.4 Å². The lowest BCUT2D eigenvalue weighted by Crippen LogP contribution is -2.23. The Morgan fingerprint density at radius 2 is 1.68 bits per heavy atom. The Labute approximate surface area is 164 Å². The fourth-order valence-corrected chi connectivity index (χ4v) is 3.90. The molecule has 1 aliphatic carbocycles. The molecule has 2 aromatic rings. The third-order valence-corrected chi connectivity index (χ3v) is 5.43. The topological polar surface area (TPSA) is 63.7 Å². The number of ether oxygens (including phenoxy) is 1. The van der Waals surface area contributed by atoms with Gasteiger partial charge in [0.05, 0.1) is 6.42 Å². The molecular formula is C23H23NO4. The quantitative estimate of drug-likeness (QED) is 0.435. The number of fused-ring (bicyclic) bond motifs is 1. The molecule has 0 saturated carbocycles. The van der Waals surface area contributed by atoms with Crippen LogP contribution < -0.4 is 9.64 Å². The van der Waals surface area contributed by atoms with Crippen LogP contribution in [0, 0.1) is 0 Å². The first-order chi connectivity index (χ1) is 13.6. The number of Topliss-reactive ketones (excluding diaryl/α,β-unsaturated/α-hetero) is 1. The first-order valence-corrected chi connectivity index (χ1v) is 9.86. The predicted molar refractivity (Wildman–Crippen MR) is 106 cm³/mol. The van der Waals surface area contributed by atoms with E-state index in [1.165, 1.54) is 11.1 Å². The van der Waals surface area contributed by atoms with Crippen LogP contribution in [0.4, 0.5) is 5.69 Å². The van der Waals surface area contributed by atoms with Crippen LogP contribution in [-0.4, -0.2) is 24.2 Å². The summed E-state index contributed by atoms with van der Waals surface area (Å²) in [5.74, 6) is 0.0780. The van der Waals surface area contributed by atoms with Crippen LogP contribution in [0.15, 0.2) is 42.5 Å². The molecule has 2 aliphatic rings. The number of ketones is 1. The minimum atomic E-state index is -0.431. The van der Waals surface area contributed by atoms with Crippen molar-refractivity contribution in [3.05, 3.63) is 59.2 Å². The van der Waals surface area contributed by atoms with Crippen molar-refractivity contribution >= 4 is 23.3 Å². The molecule has 144 valence electrons. The first kappa shape index (κ1) is 18.4. The van der Waals surface area contributed by atoms with Crippen molar-refractivity contribution in [3.8, 4) is 5.75 Å². The number of esters is 1. The van der Waals surface area contributed by atoms with Crippen LogP contribution in [0.5, 0.6) is 5.75 Å². The van der Waals surface area contributed by atoms with E-state index < -0.39 is 5.97 Å². The third kappa shape index (κ3) is 3.98. The molecule has 0 atom stereocenters. The van der Waals surface area contributed by atoms with Crippen molar-refractivity contribution in [2.45, 2.75) is 44.9 Å². The molecular weight excluding hydrogens is 354 g/mol. The SMILES string of the molecule is O=C(CCC(=O)c1ccc2c(c1)CCC2)Oc1ccc(N2CCCC2=O)cc1. The summed E-state index contributed by atoms with van der Waals surface area (Å²) < 4.78 is 5.32. The van der Waals surface area contributed by atoms with Gasteiger partial charge in [0.25, 0.3) is 0 Å². The van der Waals surface area contributed by atoms with Gasteiger partial charge in [-0.2, -0.15) is 0 Å². The van der Waals surface area contributed by atoms with Crippen LogP contribution in [0.1, 0.15) is 53.6 Å². The normalized spacial score (nSPS) is 15.6. The number of hydrogen-bond acceptors (Lipinski definition) is 4. The van der Waals surface area contributed by atoms with Crippen molar-refractivity contribution in [2.75, 3.05) is 11.4 Å². The lowest BCUT2D eigenvalue weighted by Gasteiger charge is -2.15. The van der Waals surface area contributed by atoms with Crippen LogP contribution in [-0.2, 0) is 22.4 Å². The Balaban J connectivity index is 1.29. The molecule has 1 fully saturated rings. The second-order valence-electron chi connectivity index (χ2n) is 7.38. The summed E-state index contributed by atoms with van der Waals surface area (Å²) in [5.41, 5.74) is 4.07. The number of hydrogen-bond donors (Lipinski definition) is 0. The molecule has 0 spiro atoms. The van der Waals surface area contributed by atoms with Crippen molar-refractivity contribution in [1.82, 2.24) is 0 Å². The number of rotatable bonds is 6. The number of nitrogens with zero attached hydrogens (tertiary/aromatic N) is 1. The summed E-state index contributed by atoms with van der Waals surface area (Å²) >= 11 is 0. The molecule has 0 radical (unpaired) electrons. The molecule has 0 aromatic heterocycles. The summed E-state index contributed by atoms with van der Waals surface area (Å²) in [4.78, 5) is 38.0. The van der Waals surface area contributed by atoms with Crippen molar-refractivity contribution in [3.63, 3.8) is 0 Å². The Kier molecular flexibility index (Phi) is 5.24. The fraction of sp³-hybridized carbons (Fsp3) is 0.348. The van der Waals surface area contributed by atoms with Gasteiger partial charge in [0.15, 0.2) is 5.78 Å². The van der Waals surface area contributed by atoms with Crippen LogP contribution >= 0.6 is 0 Å². The van der Waals surface area contributed by atoms with E-state index in [2.05, 4.69) is 0 Å². The average molecular weight is 377 g/mol. The number of amides is 1. The van der Waals surface area contributed by atoms with E-state index >= 15 is 0 Å². The second kappa shape index (κ2) is 7.97. The van der Waals surface area contributed by atoms with Gasteiger partial charge in [-0.25, -0.2) is 0 Å². The summed E-state index contributed by atoms with van der Waals surface area (Å²) in [6, 6.07) is 12.8. The predicted octanol–water partition coefficient (Wildman–Crippen LogP) is 3.87. The van der Waals surface area contributed by atoms with E-state index in [-0.39, 0.29) is 24.5 Å². The van der Waals surface area contributed by atoms with E-state index in [0.717, 1.165) is 37.9 Å². The van der Waals surface area contributed by atoms with E-state index in [1.807, 2.05) is 18.2 Å². The van der Waals surface area contributed by atoms with Gasteiger partial charge in [-0.1, -0.05) is 12.1 Å². The largest absolute Gasteiger partial charge is 0.427 e. The molecule has 4 rings (SSSR count). The maximum Gasteiger partial charge on any atom is 0.311 e. The fourth-order valence-electron chi connectivity index (χ4n) is 3.90. The average Bonchev–Trinajstić information content (AvgIpc) is 3.35. The highest BCUT2D eigenvalue weighted by molar-refractivity contribution is 5.98. The van der Waals surface area contributed by atoms with Gasteiger partial charge in [0.1, 0.15) is 5.75 Å². The molecule has 1 amide bonds. The first-order valence-electron chi connectivity index (χ1n) is 9.86. The summed E-state index contributed by atoms with van der Waals surface area (Å²) in [7, 11) is 0. The molecule has 0 N–H and O–H groups in total. The molecule has 0 bridgehead atoms. The Morgan fingerprint density at radius 3 is 2.43 bits per heavy atom. The van der Waals surface area contributed by atoms with Crippen LogP contribution in [0.25, 0.3) is 0 Å². The molecule has 1 aliphatic heterocycles. The van der Waals surface area contributed by atoms with Crippen molar-refractivity contribution in [1.29, 1.82) is 0 Å². The monoisotopic (exact) mass is 377 g/mol.